The van der Waals surface area contributed by atoms with Gasteiger partial charge in [0, 0.05) is 16.6 Å². The molecular weight excluding hydrogens is 376 g/mol. The molecule has 6 nitrogen and oxygen atoms in total. The minimum Gasteiger partial charge on any atom is -0.490 e. The molecule has 0 amide bonds. The average molecular weight is 400 g/mol. The molecule has 0 radical (unpaired) electrons. The number of nitrogens with two attached hydrogens (primary N) is 1. The van der Waals surface area contributed by atoms with E-state index in [9.17, 15) is 0 Å². The lowest BCUT2D eigenvalue weighted by Gasteiger charge is -2.33. The summed E-state index contributed by atoms with van der Waals surface area (Å²) < 4.78 is 11.7. The van der Waals surface area contributed by atoms with Crippen LogP contribution in [0.15, 0.2) is 60.7 Å². The number of rotatable bonds is 6. The molecule has 6 heteroatoms. The molecule has 3 aromatic rings. The van der Waals surface area contributed by atoms with E-state index in [0.717, 1.165) is 18.6 Å². The van der Waals surface area contributed by atoms with E-state index >= 15 is 0 Å². The molecule has 0 saturated heterocycles. The highest BCUT2D eigenvalue weighted by atomic mass is 16.5. The maximum Gasteiger partial charge on any atom is 0.296 e. The molecule has 1 aliphatic carbocycles. The predicted molar refractivity (Wildman–Crippen MR) is 115 cm³/mol. The molecule has 0 aliphatic heterocycles. The second kappa shape index (κ2) is 8.13. The summed E-state index contributed by atoms with van der Waals surface area (Å²) in [5.74, 6) is 2.16. The van der Waals surface area contributed by atoms with Crippen molar-refractivity contribution in [2.24, 2.45) is 5.73 Å². The topological polar surface area (TPSA) is 74.6 Å². The van der Waals surface area contributed by atoms with Crippen LogP contribution in [0.4, 0.5) is 5.82 Å². The van der Waals surface area contributed by atoms with Gasteiger partial charge in [0.2, 0.25) is 0 Å². The van der Waals surface area contributed by atoms with Crippen LogP contribution in [0.3, 0.4) is 0 Å². The Morgan fingerprint density at radius 3 is 2.00 bits per heavy atom. The largest absolute Gasteiger partial charge is 0.490 e. The van der Waals surface area contributed by atoms with E-state index in [1.165, 1.54) is 11.1 Å². The fraction of sp³-hybridized carbons (Fsp3) is 0.292. The van der Waals surface area contributed by atoms with Crippen LogP contribution in [0.5, 0.6) is 17.4 Å². The third-order valence-corrected chi connectivity index (χ3v) is 5.55. The van der Waals surface area contributed by atoms with Crippen LogP contribution in [0, 0.1) is 6.57 Å². The standard InChI is InChI=1S/C24H24N4O2/c1-24(2,16-4-8-19(9-5-16)29-21-14-18(25)15-21)17-6-10-20(11-7-17)30-23-13-12-22(26-3)27-28-23/h4-13,18,21H,14-15,25H2,1-2H3. The summed E-state index contributed by atoms with van der Waals surface area (Å²) in [5, 5.41) is 7.68. The molecule has 2 aromatic carbocycles. The highest BCUT2D eigenvalue weighted by molar-refractivity contribution is 5.42. The van der Waals surface area contributed by atoms with E-state index < -0.39 is 0 Å². The normalized spacial score (nSPS) is 18.2. The Labute approximate surface area is 176 Å². The zero-order valence-corrected chi connectivity index (χ0v) is 17.1. The second-order valence-corrected chi connectivity index (χ2v) is 8.09. The van der Waals surface area contributed by atoms with Crippen molar-refractivity contribution in [1.82, 2.24) is 10.2 Å². The molecule has 0 unspecified atom stereocenters. The zero-order chi connectivity index (χ0) is 21.1. The molecule has 1 aromatic heterocycles. The summed E-state index contributed by atoms with van der Waals surface area (Å²) in [6.45, 7) is 11.3. The molecule has 30 heavy (non-hydrogen) atoms. The van der Waals surface area contributed by atoms with Crippen molar-refractivity contribution in [3.05, 3.63) is 83.2 Å². The minimum absolute atomic E-state index is 0.174. The number of ether oxygens (including phenoxy) is 2. The van der Waals surface area contributed by atoms with Crippen LogP contribution >= 0.6 is 0 Å². The fourth-order valence-corrected chi connectivity index (χ4v) is 3.50. The molecule has 2 N–H and O–H groups in total. The van der Waals surface area contributed by atoms with Gasteiger partial charge in [-0.1, -0.05) is 44.7 Å². The molecule has 1 heterocycles. The van der Waals surface area contributed by atoms with E-state index in [0.29, 0.717) is 11.6 Å². The Bertz CT molecular complexity index is 1030. The molecule has 152 valence electrons. The van der Waals surface area contributed by atoms with Gasteiger partial charge in [0.05, 0.1) is 0 Å². The van der Waals surface area contributed by atoms with Gasteiger partial charge in [0.25, 0.3) is 11.7 Å². The predicted octanol–water partition coefficient (Wildman–Crippen LogP) is 5.01. The lowest BCUT2D eigenvalue weighted by atomic mass is 9.78. The van der Waals surface area contributed by atoms with Gasteiger partial charge in [-0.15, -0.1) is 0 Å². The van der Waals surface area contributed by atoms with Crippen molar-refractivity contribution < 1.29 is 9.47 Å². The average Bonchev–Trinajstić information content (AvgIpc) is 2.74. The smallest absolute Gasteiger partial charge is 0.296 e. The maximum absolute atomic E-state index is 6.92. The van der Waals surface area contributed by atoms with E-state index in [-0.39, 0.29) is 23.4 Å². The molecule has 0 spiro atoms. The van der Waals surface area contributed by atoms with Crippen molar-refractivity contribution in [3.8, 4) is 17.4 Å². The summed E-state index contributed by atoms with van der Waals surface area (Å²) in [5.41, 5.74) is 8.03. The molecule has 4 rings (SSSR count). The fourth-order valence-electron chi connectivity index (χ4n) is 3.50. The number of nitrogens with zero attached hydrogens (tertiary/aromatic N) is 3. The number of benzene rings is 2. The third-order valence-electron chi connectivity index (χ3n) is 5.55. The van der Waals surface area contributed by atoms with Crippen molar-refractivity contribution >= 4 is 5.82 Å². The summed E-state index contributed by atoms with van der Waals surface area (Å²) in [6.07, 6.45) is 2.10. The van der Waals surface area contributed by atoms with E-state index in [4.69, 9.17) is 21.8 Å². The first kappa shape index (κ1) is 19.9. The quantitative estimate of drug-likeness (QED) is 0.589. The summed E-state index contributed by atoms with van der Waals surface area (Å²) >= 11 is 0. The Balaban J connectivity index is 1.43. The summed E-state index contributed by atoms with van der Waals surface area (Å²) in [7, 11) is 0. The van der Waals surface area contributed by atoms with Crippen molar-refractivity contribution in [2.45, 2.75) is 44.2 Å². The van der Waals surface area contributed by atoms with Crippen LogP contribution in [-0.4, -0.2) is 22.3 Å². The van der Waals surface area contributed by atoms with Crippen LogP contribution in [0.25, 0.3) is 4.85 Å². The maximum atomic E-state index is 6.92. The van der Waals surface area contributed by atoms with E-state index in [2.05, 4.69) is 53.2 Å². The Morgan fingerprint density at radius 1 is 0.900 bits per heavy atom. The number of hydrogen-bond acceptors (Lipinski definition) is 5. The highest BCUT2D eigenvalue weighted by Gasteiger charge is 2.28. The minimum atomic E-state index is -0.174. The zero-order valence-electron chi connectivity index (χ0n) is 17.1. The summed E-state index contributed by atoms with van der Waals surface area (Å²) in [6, 6.07) is 19.7. The SMILES string of the molecule is [C-]#[N+]c1ccc(Oc2ccc(C(C)(C)c3ccc(OC4CC(N)C4)cc3)cc2)nn1. The lowest BCUT2D eigenvalue weighted by molar-refractivity contribution is 0.101. The van der Waals surface area contributed by atoms with Crippen LogP contribution in [0.2, 0.25) is 0 Å². The van der Waals surface area contributed by atoms with Gasteiger partial charge in [-0.2, -0.15) is 0 Å². The van der Waals surface area contributed by atoms with Gasteiger partial charge in [-0.25, -0.2) is 0 Å². The van der Waals surface area contributed by atoms with Gasteiger partial charge in [0.1, 0.15) is 17.6 Å². The van der Waals surface area contributed by atoms with Crippen LogP contribution in [-0.2, 0) is 5.41 Å². The number of aromatic nitrogens is 2. The van der Waals surface area contributed by atoms with Gasteiger partial charge >= 0.3 is 0 Å². The summed E-state index contributed by atoms with van der Waals surface area (Å²) in [4.78, 5) is 3.22. The molecule has 1 saturated carbocycles. The monoisotopic (exact) mass is 400 g/mol. The second-order valence-electron chi connectivity index (χ2n) is 8.09. The van der Waals surface area contributed by atoms with E-state index in [1.807, 2.05) is 24.3 Å². The molecule has 0 bridgehead atoms. The first-order valence-corrected chi connectivity index (χ1v) is 9.96. The lowest BCUT2D eigenvalue weighted by Crippen LogP contribution is -2.43. The third kappa shape index (κ3) is 4.27. The van der Waals surface area contributed by atoms with Gasteiger partial charge in [-0.3, -0.25) is 0 Å². The van der Waals surface area contributed by atoms with Crippen LogP contribution in [0.1, 0.15) is 37.8 Å². The van der Waals surface area contributed by atoms with Crippen LogP contribution < -0.4 is 15.2 Å². The Kier molecular flexibility index (Phi) is 5.39. The first-order valence-electron chi connectivity index (χ1n) is 9.96. The Hall–Kier alpha value is -3.43. The molecular formula is C24H24N4O2. The van der Waals surface area contributed by atoms with E-state index in [1.54, 1.807) is 12.1 Å². The molecule has 1 aliphatic rings. The van der Waals surface area contributed by atoms with Crippen molar-refractivity contribution in [1.29, 1.82) is 0 Å². The molecule has 0 atom stereocenters. The van der Waals surface area contributed by atoms with Crippen molar-refractivity contribution in [2.75, 3.05) is 0 Å². The highest BCUT2D eigenvalue weighted by Crippen LogP contribution is 2.34. The number of hydrogen-bond donors (Lipinski definition) is 1. The van der Waals surface area contributed by atoms with Gasteiger partial charge in [-0.05, 0) is 65.5 Å². The van der Waals surface area contributed by atoms with Gasteiger partial charge in [0.15, 0.2) is 0 Å². The van der Waals surface area contributed by atoms with Crippen molar-refractivity contribution in [3.63, 3.8) is 0 Å². The van der Waals surface area contributed by atoms with Gasteiger partial charge < -0.3 is 20.1 Å². The molecule has 1 fully saturated rings. The Morgan fingerprint density at radius 2 is 1.50 bits per heavy atom. The first-order chi connectivity index (χ1) is 14.4.